The lowest BCUT2D eigenvalue weighted by molar-refractivity contribution is -0.128. The maximum Gasteiger partial charge on any atom is 0.232 e. The summed E-state index contributed by atoms with van der Waals surface area (Å²) in [7, 11) is 0. The van der Waals surface area contributed by atoms with Gasteiger partial charge in [-0.15, -0.1) is 0 Å². The third-order valence-corrected chi connectivity index (χ3v) is 5.23. The third kappa shape index (κ3) is 4.31. The number of carbonyl (C=O) groups is 1. The van der Waals surface area contributed by atoms with Crippen LogP contribution >= 0.6 is 0 Å². The fraction of sp³-hybridized carbons (Fsp3) is 0.348. The molecule has 150 valence electrons. The lowest BCUT2D eigenvalue weighted by Crippen LogP contribution is -2.24. The molecule has 6 heteroatoms. The van der Waals surface area contributed by atoms with Gasteiger partial charge in [0.25, 0.3) is 0 Å². The van der Waals surface area contributed by atoms with Crippen LogP contribution in [0, 0.1) is 0 Å². The van der Waals surface area contributed by atoms with Crippen molar-refractivity contribution in [3.63, 3.8) is 0 Å². The van der Waals surface area contributed by atoms with Crippen LogP contribution in [0.25, 0.3) is 11.4 Å². The Bertz CT molecular complexity index is 964. The Morgan fingerprint density at radius 2 is 1.79 bits per heavy atom. The average Bonchev–Trinajstić information content (AvgIpc) is 3.37. The molecule has 0 radical (unpaired) electrons. The third-order valence-electron chi connectivity index (χ3n) is 5.23. The Morgan fingerprint density at radius 1 is 1.07 bits per heavy atom. The van der Waals surface area contributed by atoms with Gasteiger partial charge in [-0.1, -0.05) is 48.5 Å². The summed E-state index contributed by atoms with van der Waals surface area (Å²) in [6, 6.07) is 16.0. The zero-order chi connectivity index (χ0) is 20.2. The van der Waals surface area contributed by atoms with Crippen LogP contribution in [-0.2, 0) is 17.8 Å². The van der Waals surface area contributed by atoms with E-state index < -0.39 is 0 Å². The lowest BCUT2D eigenvalue weighted by atomic mass is 10.1. The molecule has 1 fully saturated rings. The normalized spacial score (nSPS) is 16.4. The van der Waals surface area contributed by atoms with E-state index in [-0.39, 0.29) is 11.8 Å². The van der Waals surface area contributed by atoms with Crippen LogP contribution in [0.4, 0.5) is 0 Å². The molecule has 1 unspecified atom stereocenters. The first-order chi connectivity index (χ1) is 14.2. The van der Waals surface area contributed by atoms with Crippen molar-refractivity contribution in [3.05, 3.63) is 65.5 Å². The van der Waals surface area contributed by atoms with Gasteiger partial charge in [0.05, 0.1) is 12.5 Å². The van der Waals surface area contributed by atoms with Gasteiger partial charge in [0.15, 0.2) is 0 Å². The van der Waals surface area contributed by atoms with Crippen molar-refractivity contribution in [3.8, 4) is 17.1 Å². The van der Waals surface area contributed by atoms with Gasteiger partial charge in [0.2, 0.25) is 17.6 Å². The second-order valence-corrected chi connectivity index (χ2v) is 7.26. The molecular weight excluding hydrogens is 366 g/mol. The van der Waals surface area contributed by atoms with Crippen LogP contribution < -0.4 is 4.74 Å². The van der Waals surface area contributed by atoms with E-state index in [4.69, 9.17) is 9.26 Å². The van der Waals surface area contributed by atoms with Crippen molar-refractivity contribution in [1.29, 1.82) is 0 Å². The Labute approximate surface area is 170 Å². The SMILES string of the molecule is CCOc1ccc(CN2CC(c3nc(-c4ccc(CC)cc4)no3)CC2=O)cc1. The van der Waals surface area contributed by atoms with E-state index >= 15 is 0 Å². The number of aromatic nitrogens is 2. The van der Waals surface area contributed by atoms with Crippen LogP contribution in [0.2, 0.25) is 0 Å². The van der Waals surface area contributed by atoms with Crippen molar-refractivity contribution < 1.29 is 14.1 Å². The number of aryl methyl sites for hydroxylation is 1. The number of hydrogen-bond donors (Lipinski definition) is 0. The number of nitrogens with zero attached hydrogens (tertiary/aromatic N) is 3. The summed E-state index contributed by atoms with van der Waals surface area (Å²) < 4.78 is 11.0. The average molecular weight is 391 g/mol. The van der Waals surface area contributed by atoms with Crippen LogP contribution in [0.3, 0.4) is 0 Å². The molecule has 0 spiro atoms. The molecule has 1 aromatic heterocycles. The fourth-order valence-electron chi connectivity index (χ4n) is 3.58. The maximum absolute atomic E-state index is 12.5. The highest BCUT2D eigenvalue weighted by Gasteiger charge is 2.34. The predicted octanol–water partition coefficient (Wildman–Crippen LogP) is 4.21. The summed E-state index contributed by atoms with van der Waals surface area (Å²) in [4.78, 5) is 18.9. The molecular formula is C23H25N3O3. The number of hydrogen-bond acceptors (Lipinski definition) is 5. The first-order valence-corrected chi connectivity index (χ1v) is 10.1. The fourth-order valence-corrected chi connectivity index (χ4v) is 3.58. The standard InChI is InChI=1S/C23H25N3O3/c1-3-16-5-9-18(10-6-16)22-24-23(29-25-22)19-13-21(27)26(15-19)14-17-7-11-20(12-8-17)28-4-2/h5-12,19H,3-4,13-15H2,1-2H3. The van der Waals surface area contributed by atoms with Crippen molar-refractivity contribution >= 4 is 5.91 Å². The Kier molecular flexibility index (Phi) is 5.60. The second-order valence-electron chi connectivity index (χ2n) is 7.26. The largest absolute Gasteiger partial charge is 0.494 e. The molecule has 1 saturated heterocycles. The van der Waals surface area contributed by atoms with Crippen LogP contribution in [0.5, 0.6) is 5.75 Å². The predicted molar refractivity (Wildman–Crippen MR) is 109 cm³/mol. The maximum atomic E-state index is 12.5. The molecule has 0 bridgehead atoms. The van der Waals surface area contributed by atoms with E-state index in [2.05, 4.69) is 29.2 Å². The quantitative estimate of drug-likeness (QED) is 0.603. The van der Waals surface area contributed by atoms with E-state index in [1.807, 2.05) is 48.2 Å². The van der Waals surface area contributed by atoms with E-state index in [9.17, 15) is 4.79 Å². The number of likely N-dealkylation sites (tertiary alicyclic amines) is 1. The molecule has 1 aliphatic rings. The van der Waals surface area contributed by atoms with E-state index in [0.29, 0.717) is 37.8 Å². The van der Waals surface area contributed by atoms with Gasteiger partial charge in [-0.3, -0.25) is 4.79 Å². The molecule has 6 nitrogen and oxygen atoms in total. The van der Waals surface area contributed by atoms with E-state index in [1.165, 1.54) is 5.56 Å². The van der Waals surface area contributed by atoms with E-state index in [0.717, 1.165) is 23.3 Å². The number of carbonyl (C=O) groups excluding carboxylic acids is 1. The van der Waals surface area contributed by atoms with Crippen LogP contribution in [-0.4, -0.2) is 34.1 Å². The highest BCUT2D eigenvalue weighted by atomic mass is 16.5. The molecule has 0 N–H and O–H groups in total. The highest BCUT2D eigenvalue weighted by Crippen LogP contribution is 2.30. The van der Waals surface area contributed by atoms with Crippen molar-refractivity contribution in [2.24, 2.45) is 0 Å². The van der Waals surface area contributed by atoms with Gasteiger partial charge in [-0.25, -0.2) is 0 Å². The molecule has 2 aromatic carbocycles. The van der Waals surface area contributed by atoms with Crippen LogP contribution in [0.1, 0.15) is 43.2 Å². The molecule has 3 aromatic rings. The summed E-state index contributed by atoms with van der Waals surface area (Å²) in [6.07, 6.45) is 1.39. The Hall–Kier alpha value is -3.15. The first kappa shape index (κ1) is 19.2. The minimum Gasteiger partial charge on any atom is -0.494 e. The summed E-state index contributed by atoms with van der Waals surface area (Å²) >= 11 is 0. The molecule has 29 heavy (non-hydrogen) atoms. The topological polar surface area (TPSA) is 68.5 Å². The monoisotopic (exact) mass is 391 g/mol. The van der Waals surface area contributed by atoms with Crippen LogP contribution in [0.15, 0.2) is 53.1 Å². The van der Waals surface area contributed by atoms with Gasteiger partial charge in [0, 0.05) is 25.1 Å². The number of benzene rings is 2. The summed E-state index contributed by atoms with van der Waals surface area (Å²) in [5.41, 5.74) is 3.27. The lowest BCUT2D eigenvalue weighted by Gasteiger charge is -2.16. The Balaban J connectivity index is 1.41. The highest BCUT2D eigenvalue weighted by molar-refractivity contribution is 5.79. The minimum atomic E-state index is -0.0682. The summed E-state index contributed by atoms with van der Waals surface area (Å²) in [6.45, 7) is 5.88. The number of rotatable bonds is 7. The van der Waals surface area contributed by atoms with Gasteiger partial charge >= 0.3 is 0 Å². The zero-order valence-electron chi connectivity index (χ0n) is 16.8. The first-order valence-electron chi connectivity index (χ1n) is 10.1. The zero-order valence-corrected chi connectivity index (χ0v) is 16.8. The van der Waals surface area contributed by atoms with Gasteiger partial charge in [0.1, 0.15) is 5.75 Å². The van der Waals surface area contributed by atoms with Crippen molar-refractivity contribution in [1.82, 2.24) is 15.0 Å². The minimum absolute atomic E-state index is 0.0682. The second kappa shape index (κ2) is 8.47. The molecule has 1 amide bonds. The van der Waals surface area contributed by atoms with E-state index in [1.54, 1.807) is 0 Å². The van der Waals surface area contributed by atoms with Gasteiger partial charge in [-0.2, -0.15) is 4.98 Å². The number of ether oxygens (including phenoxy) is 1. The van der Waals surface area contributed by atoms with Gasteiger partial charge in [-0.05, 0) is 36.6 Å². The molecule has 1 atom stereocenters. The van der Waals surface area contributed by atoms with Crippen molar-refractivity contribution in [2.75, 3.05) is 13.2 Å². The molecule has 1 aliphatic heterocycles. The number of amides is 1. The van der Waals surface area contributed by atoms with Gasteiger partial charge < -0.3 is 14.2 Å². The molecule has 0 saturated carbocycles. The molecule has 4 rings (SSSR count). The smallest absolute Gasteiger partial charge is 0.232 e. The molecule has 2 heterocycles. The van der Waals surface area contributed by atoms with Crippen molar-refractivity contribution in [2.45, 2.75) is 39.2 Å². The molecule has 0 aliphatic carbocycles. The summed E-state index contributed by atoms with van der Waals surface area (Å²) in [5, 5.41) is 4.12. The Morgan fingerprint density at radius 3 is 2.48 bits per heavy atom. The summed E-state index contributed by atoms with van der Waals surface area (Å²) in [5.74, 6) is 1.98.